The third-order valence-electron chi connectivity index (χ3n) is 17.0. The molecule has 0 aromatic carbocycles. The Kier molecular flexibility index (Phi) is 92.2. The molecule has 0 spiro atoms. The number of amides is 14. The predicted molar refractivity (Wildman–Crippen MR) is 561 cm³/mol. The molecule has 41 nitrogen and oxygen atoms in total. The molecule has 0 aromatic heterocycles. The van der Waals surface area contributed by atoms with E-state index in [1.165, 1.54) is 0 Å². The van der Waals surface area contributed by atoms with Crippen molar-refractivity contribution >= 4 is 82.7 Å². The van der Waals surface area contributed by atoms with Crippen molar-refractivity contribution in [2.45, 2.75) is 422 Å². The molecule has 3 saturated heterocycles. The maximum Gasteiger partial charge on any atom is 0.412 e. The van der Waals surface area contributed by atoms with E-state index in [0.717, 1.165) is 52.1 Å². The molecule has 27 N–H and O–H groups in total. The molecule has 142 heavy (non-hydrogen) atoms. The third kappa shape index (κ3) is 103. The molecule has 6 atom stereocenters. The van der Waals surface area contributed by atoms with Gasteiger partial charge < -0.3 is 138 Å². The number of hydrogen-bond donors (Lipinski definition) is 22. The Morgan fingerprint density at radius 2 is 0.754 bits per heavy atom. The minimum absolute atomic E-state index is 0.00231. The Labute approximate surface area is 852 Å². The molecule has 4 fully saturated rings. The number of halogens is 3. The van der Waals surface area contributed by atoms with E-state index in [-0.39, 0.29) is 185 Å². The van der Waals surface area contributed by atoms with Gasteiger partial charge in [0.1, 0.15) is 18.8 Å². The summed E-state index contributed by atoms with van der Waals surface area (Å²) in [7, 11) is 5.50. The SMILES string of the molecule is CC(C)NC(=O)C1(C)COC1.CC(C)NC(=O)C1(N)CC1.CC(C)NC(=O)CC(C)(C)C.CC(C)NC(=O)CN.CC(C)NC(=O)CN(C)C.CC(C)NC(=O)CN1CCOCC1.CC(C)NC(=O)CO.CC(C)NC(=O)[C@@H](C)N.CC(C)NC(=O)[C@@H](N)C(F)(F)F.CC(C)NC(=O)[C@@H](O)C(C)C.CC(C)NC(=O)[C@H](C)N.CC(C)NC(=O)[C@H](O)C(C)C.CC1CCN(C(C)C)C1=O.CNCC(=O)NC(C)C. The van der Waals surface area contributed by atoms with Gasteiger partial charge in [-0.3, -0.25) is 72.0 Å². The second-order valence-corrected chi connectivity index (χ2v) is 41.7. The molecule has 0 aromatic rings. The highest BCUT2D eigenvalue weighted by Gasteiger charge is 2.46. The number of carbonyl (C=O) groups excluding carboxylic acids is 14. The number of hydrogen-bond acceptors (Lipinski definition) is 27. The lowest BCUT2D eigenvalue weighted by atomic mass is 9.87. The van der Waals surface area contributed by atoms with Crippen LogP contribution in [0.4, 0.5) is 13.2 Å². The van der Waals surface area contributed by atoms with E-state index in [2.05, 4.69) is 120 Å². The highest BCUT2D eigenvalue weighted by Crippen LogP contribution is 2.32. The van der Waals surface area contributed by atoms with Gasteiger partial charge in [-0.25, -0.2) is 0 Å². The molecule has 1 saturated carbocycles. The van der Waals surface area contributed by atoms with E-state index < -0.39 is 54.6 Å². The van der Waals surface area contributed by atoms with Crippen molar-refractivity contribution in [2.75, 3.05) is 100.0 Å². The third-order valence-corrected chi connectivity index (χ3v) is 17.0. The Hall–Kier alpha value is -8.15. The molecule has 1 aliphatic carbocycles. The van der Waals surface area contributed by atoms with Crippen molar-refractivity contribution in [3.63, 3.8) is 0 Å². The number of ether oxygens (including phenoxy) is 2. The average molecular weight is 2050 g/mol. The number of nitrogens with zero attached hydrogens (tertiary/aromatic N) is 3. The van der Waals surface area contributed by atoms with Gasteiger partial charge in [0.15, 0.2) is 6.04 Å². The van der Waals surface area contributed by atoms with Gasteiger partial charge in [0, 0.05) is 117 Å². The Balaban J connectivity index is -0.000000165. The minimum Gasteiger partial charge on any atom is -0.387 e. The normalized spacial score (nSPS) is 15.1. The Morgan fingerprint density at radius 3 is 0.986 bits per heavy atom. The highest BCUT2D eigenvalue weighted by atomic mass is 19.4. The van der Waals surface area contributed by atoms with Crippen LogP contribution in [0.2, 0.25) is 0 Å². The topological polar surface area (TPSA) is 626 Å². The van der Waals surface area contributed by atoms with Gasteiger partial charge in [-0.2, -0.15) is 13.2 Å². The summed E-state index contributed by atoms with van der Waals surface area (Å²) >= 11 is 0. The predicted octanol–water partition coefficient (Wildman–Crippen LogP) is 3.55. The molecule has 3 heterocycles. The zero-order valence-electron chi connectivity index (χ0n) is 95.3. The molecule has 14 amide bonds. The van der Waals surface area contributed by atoms with Crippen molar-refractivity contribution in [3.8, 4) is 0 Å². The largest absolute Gasteiger partial charge is 0.412 e. The van der Waals surface area contributed by atoms with E-state index >= 15 is 0 Å². The fourth-order valence-corrected chi connectivity index (χ4v) is 9.93. The van der Waals surface area contributed by atoms with E-state index in [1.807, 2.05) is 232 Å². The molecule has 4 aliphatic rings. The van der Waals surface area contributed by atoms with Crippen molar-refractivity contribution in [2.24, 2.45) is 57.3 Å². The Morgan fingerprint density at radius 1 is 0.444 bits per heavy atom. The van der Waals surface area contributed by atoms with Crippen LogP contribution in [0.5, 0.6) is 0 Å². The molecular weight excluding hydrogens is 1850 g/mol. The summed E-state index contributed by atoms with van der Waals surface area (Å²) in [5.41, 5.74) is 25.1. The highest BCUT2D eigenvalue weighted by molar-refractivity contribution is 5.89. The van der Waals surface area contributed by atoms with Crippen LogP contribution in [0.25, 0.3) is 0 Å². The first-order valence-electron chi connectivity index (χ1n) is 49.6. The number of nitrogens with two attached hydrogens (primary N) is 5. The quantitative estimate of drug-likeness (QED) is 0.0458. The maximum atomic E-state index is 11.8. The fourth-order valence-electron chi connectivity index (χ4n) is 9.93. The monoisotopic (exact) mass is 2050 g/mol. The maximum absolute atomic E-state index is 11.8. The lowest BCUT2D eigenvalue weighted by Gasteiger charge is -2.36. The van der Waals surface area contributed by atoms with Gasteiger partial charge in [0.2, 0.25) is 82.7 Å². The standard InChI is InChI=1S/C9H18N2O2.C9H19NO.C8H15NO2.2C8H17NO2.C8H15NO.C7H14N2O.C7H16N2O.C6H11F3N2O.3C6H14N2O.C5H12N2O.C5H11NO2/c1-8(2)10-9(12)7-11-3-5-13-6-4-11;1-7(2)10-8(11)6-9(3,4)5;1-6(2)9-7(10)8(3)4-11-5-8;2*1-5(2)7(10)8(11)9-6(3)4;1-6(2)9-5-4-7(3)8(9)10;1-5(2)9-6(10)7(8)3-4-7;1-6(2)8-7(10)5-9(3)4;1-3(2)11-5(12)4(10)6(7,8)9;1-5(2)8-6(9)4-7-3;2*1-4(2)8-6(9)5(3)7;1-4(2)7-5(8)3-6;1-4(2)6-5(8)3-7/h8H,3-7H2,1-2H3,(H,10,12);7H,6H2,1-5H3,(H,10,11);6H,4-5H2,1-3H3,(H,9,10);2*5-7,10H,1-4H3,(H,9,11);6-7H,4-5H2,1-3H3;5H,3-4,8H2,1-2H3,(H,9,10);6H,5H2,1-4H3,(H,8,10);3-4H,10H2,1-2H3,(H,11,12);5,7H,4H2,1-3H3,(H,8,9);2*4-5H,7H2,1-3H3,(H,8,9);4H,3,6H2,1-2H3,(H,7,8);4,7H,3H2,1-2H3,(H,6,8)/t;;;2*7-;;;;4-;;2*5-;;/m...10...1.10../s1. The second kappa shape index (κ2) is 85.0. The lowest BCUT2D eigenvalue weighted by Crippen LogP contribution is -2.53. The molecule has 0 bridgehead atoms. The van der Waals surface area contributed by atoms with Gasteiger partial charge in [0.25, 0.3) is 0 Å². The van der Waals surface area contributed by atoms with Crippen LogP contribution in [0, 0.1) is 28.6 Å². The van der Waals surface area contributed by atoms with Crippen LogP contribution in [-0.2, 0) is 76.6 Å². The summed E-state index contributed by atoms with van der Waals surface area (Å²) < 4.78 is 45.5. The number of nitrogens with one attached hydrogen (secondary N) is 14. The van der Waals surface area contributed by atoms with Crippen LogP contribution in [0.1, 0.15) is 296 Å². The molecule has 44 heteroatoms. The molecule has 4 rings (SSSR count). The van der Waals surface area contributed by atoms with E-state index in [9.17, 15) is 90.5 Å². The van der Waals surface area contributed by atoms with Gasteiger partial charge >= 0.3 is 6.18 Å². The Bertz CT molecular complexity index is 3290. The molecule has 1 unspecified atom stereocenters. The average Bonchev–Trinajstić information content (AvgIpc) is 1.72. The minimum atomic E-state index is -4.67. The first-order chi connectivity index (χ1) is 64.4. The van der Waals surface area contributed by atoms with Crippen molar-refractivity contribution in [1.29, 1.82) is 0 Å². The van der Waals surface area contributed by atoms with Gasteiger partial charge in [0.05, 0.1) is 75.6 Å². The summed E-state index contributed by atoms with van der Waals surface area (Å²) in [6.07, 6.45) is -3.10. The summed E-state index contributed by atoms with van der Waals surface area (Å²) in [4.78, 5) is 159. The number of rotatable bonds is 32. The lowest BCUT2D eigenvalue weighted by molar-refractivity contribution is -0.163. The first-order valence-corrected chi connectivity index (χ1v) is 49.6. The zero-order valence-corrected chi connectivity index (χ0v) is 95.3. The van der Waals surface area contributed by atoms with Gasteiger partial charge in [-0.05, 0) is 272 Å². The molecule has 3 aliphatic heterocycles. The smallest absolute Gasteiger partial charge is 0.387 e. The van der Waals surface area contributed by atoms with Crippen LogP contribution >= 0.6 is 0 Å². The van der Waals surface area contributed by atoms with Gasteiger partial charge in [-0.15, -0.1) is 0 Å². The number of aliphatic hydroxyl groups is 3. The number of carbonyl (C=O) groups is 14. The number of likely N-dealkylation sites (tertiary alicyclic amines) is 1. The second-order valence-electron chi connectivity index (χ2n) is 41.7. The van der Waals surface area contributed by atoms with Crippen LogP contribution in [-0.4, -0.2) is 339 Å². The summed E-state index contributed by atoms with van der Waals surface area (Å²) in [5.74, 6) is -1.31. The molecule has 0 radical (unpaired) electrons. The fraction of sp³-hybridized carbons (Fsp3) is 0.857. The van der Waals surface area contributed by atoms with E-state index in [1.54, 1.807) is 34.7 Å². The van der Waals surface area contributed by atoms with Crippen LogP contribution < -0.4 is 103 Å². The van der Waals surface area contributed by atoms with Crippen LogP contribution in [0.3, 0.4) is 0 Å². The van der Waals surface area contributed by atoms with Crippen molar-refractivity contribution in [3.05, 3.63) is 0 Å². The molecule has 844 valence electrons. The molecular formula is C98H207F3N22O19. The number of alkyl halides is 3. The number of likely N-dealkylation sites (N-methyl/N-ethyl adjacent to an activating group) is 2. The van der Waals surface area contributed by atoms with Crippen LogP contribution in [0.15, 0.2) is 0 Å². The van der Waals surface area contributed by atoms with E-state index in [4.69, 9.17) is 37.5 Å². The summed E-state index contributed by atoms with van der Waals surface area (Å²) in [5, 5.41) is 64.1. The van der Waals surface area contributed by atoms with E-state index in [0.29, 0.717) is 51.2 Å². The zero-order chi connectivity index (χ0) is 114. The van der Waals surface area contributed by atoms with Gasteiger partial charge in [-0.1, -0.05) is 55.4 Å². The number of aliphatic hydroxyl groups excluding tert-OH is 3. The number of morpholine rings is 1. The van der Waals surface area contributed by atoms with Crippen molar-refractivity contribution < 1.29 is 105 Å². The summed E-state index contributed by atoms with van der Waals surface area (Å²) in [6.45, 7) is 80.3. The van der Waals surface area contributed by atoms with Crippen molar-refractivity contribution in [1.82, 2.24) is 89.1 Å². The summed E-state index contributed by atoms with van der Waals surface area (Å²) in [6, 6.07) is -0.910. The first kappa shape index (κ1) is 154.